The number of anilines is 1. The Balaban J connectivity index is 1.52. The number of benzene rings is 3. The lowest BCUT2D eigenvalue weighted by Crippen LogP contribution is -2.12. The van der Waals surface area contributed by atoms with Gasteiger partial charge in [-0.15, -0.1) is 5.10 Å². The van der Waals surface area contributed by atoms with Crippen LogP contribution in [0, 0.1) is 6.92 Å². The van der Waals surface area contributed by atoms with Crippen molar-refractivity contribution in [2.24, 2.45) is 0 Å². The van der Waals surface area contributed by atoms with Gasteiger partial charge < -0.3 is 10.1 Å². The summed E-state index contributed by atoms with van der Waals surface area (Å²) < 4.78 is 6.66. The quantitative estimate of drug-likeness (QED) is 0.445. The summed E-state index contributed by atoms with van der Waals surface area (Å²) in [4.78, 5) is 12.4. The fourth-order valence-corrected chi connectivity index (χ4v) is 3.32. The Morgan fingerprint density at radius 1 is 0.893 bits per heavy atom. The molecule has 0 saturated carbocycles. The van der Waals surface area contributed by atoms with Gasteiger partial charge in [-0.25, -0.2) is 0 Å². The van der Waals surface area contributed by atoms with Gasteiger partial charge in [0.2, 0.25) is 5.88 Å². The first-order valence-electron chi connectivity index (χ1n) is 8.67. The third kappa shape index (κ3) is 3.73. The second kappa shape index (κ2) is 7.78. The first kappa shape index (κ1) is 18.1. The second-order valence-corrected chi connectivity index (χ2v) is 7.05. The van der Waals surface area contributed by atoms with Crippen molar-refractivity contribution in [2.45, 2.75) is 6.92 Å². The predicted octanol–water partition coefficient (Wildman–Crippen LogP) is 5.75. The number of nitrogens with zero attached hydrogens (tertiary/aromatic N) is 2. The molecule has 0 saturated heterocycles. The van der Waals surface area contributed by atoms with Crippen molar-refractivity contribution in [3.05, 3.63) is 88.5 Å². The number of ether oxygens (including phenoxy) is 1. The first-order valence-corrected chi connectivity index (χ1v) is 9.47. The van der Waals surface area contributed by atoms with Crippen molar-refractivity contribution < 1.29 is 9.53 Å². The van der Waals surface area contributed by atoms with Crippen LogP contribution in [0.4, 0.5) is 5.69 Å². The van der Waals surface area contributed by atoms with Crippen LogP contribution in [-0.2, 0) is 0 Å². The standard InChI is InChI=1S/C22H16BrN3O2/c1-14-17-6-2-3-7-18(17)22(26-25-14)28-16-12-10-15(11-13-16)24-21(27)19-8-4-5-9-20(19)23/h2-13H,1H3,(H,24,27). The molecule has 28 heavy (non-hydrogen) atoms. The first-order chi connectivity index (χ1) is 13.6. The molecule has 1 heterocycles. The van der Waals surface area contributed by atoms with E-state index in [0.717, 1.165) is 20.9 Å². The van der Waals surface area contributed by atoms with E-state index in [2.05, 4.69) is 31.4 Å². The molecular formula is C22H16BrN3O2. The van der Waals surface area contributed by atoms with Crippen LogP contribution >= 0.6 is 15.9 Å². The summed E-state index contributed by atoms with van der Waals surface area (Å²) in [5.41, 5.74) is 2.10. The lowest BCUT2D eigenvalue weighted by atomic mass is 10.1. The number of hydrogen-bond acceptors (Lipinski definition) is 4. The third-order valence-corrected chi connectivity index (χ3v) is 4.97. The van der Waals surface area contributed by atoms with E-state index in [-0.39, 0.29) is 5.91 Å². The second-order valence-electron chi connectivity index (χ2n) is 6.20. The minimum Gasteiger partial charge on any atom is -0.437 e. The topological polar surface area (TPSA) is 64.1 Å². The number of aryl methyl sites for hydroxylation is 1. The molecule has 0 aliphatic heterocycles. The molecule has 0 atom stereocenters. The SMILES string of the molecule is Cc1nnc(Oc2ccc(NC(=O)c3ccccc3Br)cc2)c2ccccc12. The molecule has 0 unspecified atom stereocenters. The van der Waals surface area contributed by atoms with Gasteiger partial charge in [0.05, 0.1) is 11.3 Å². The normalized spacial score (nSPS) is 10.6. The van der Waals surface area contributed by atoms with Crippen LogP contribution in [-0.4, -0.2) is 16.1 Å². The van der Waals surface area contributed by atoms with Crippen LogP contribution in [0.5, 0.6) is 11.6 Å². The van der Waals surface area contributed by atoms with Crippen LogP contribution in [0.25, 0.3) is 10.8 Å². The predicted molar refractivity (Wildman–Crippen MR) is 113 cm³/mol. The van der Waals surface area contributed by atoms with Crippen molar-refractivity contribution in [3.8, 4) is 11.6 Å². The maximum absolute atomic E-state index is 12.4. The maximum atomic E-state index is 12.4. The summed E-state index contributed by atoms with van der Waals surface area (Å²) in [5, 5.41) is 13.1. The van der Waals surface area contributed by atoms with Gasteiger partial charge >= 0.3 is 0 Å². The van der Waals surface area contributed by atoms with Gasteiger partial charge in [0.25, 0.3) is 5.91 Å². The van der Waals surface area contributed by atoms with Crippen molar-refractivity contribution in [3.63, 3.8) is 0 Å². The average Bonchev–Trinajstić information content (AvgIpc) is 2.72. The van der Waals surface area contributed by atoms with Gasteiger partial charge in [0, 0.05) is 20.9 Å². The molecule has 0 aliphatic rings. The van der Waals surface area contributed by atoms with Crippen LogP contribution in [0.1, 0.15) is 16.1 Å². The fourth-order valence-electron chi connectivity index (χ4n) is 2.85. The van der Waals surface area contributed by atoms with Crippen molar-refractivity contribution in [1.29, 1.82) is 0 Å². The molecule has 0 bridgehead atoms. The largest absolute Gasteiger partial charge is 0.437 e. The summed E-state index contributed by atoms with van der Waals surface area (Å²) in [7, 11) is 0. The molecule has 4 rings (SSSR count). The molecule has 4 aromatic rings. The number of carbonyl (C=O) groups excluding carboxylic acids is 1. The Morgan fingerprint density at radius 2 is 1.57 bits per heavy atom. The van der Waals surface area contributed by atoms with E-state index in [9.17, 15) is 4.79 Å². The van der Waals surface area contributed by atoms with Gasteiger partial charge in [-0.3, -0.25) is 4.79 Å². The third-order valence-electron chi connectivity index (χ3n) is 4.28. The van der Waals surface area contributed by atoms with Gasteiger partial charge in [0.15, 0.2) is 0 Å². The highest BCUT2D eigenvalue weighted by Crippen LogP contribution is 2.29. The smallest absolute Gasteiger partial charge is 0.256 e. The molecule has 1 aromatic heterocycles. The molecule has 0 spiro atoms. The monoisotopic (exact) mass is 433 g/mol. The number of rotatable bonds is 4. The number of hydrogen-bond donors (Lipinski definition) is 1. The Kier molecular flexibility index (Phi) is 5.04. The number of aromatic nitrogens is 2. The molecule has 1 N–H and O–H groups in total. The molecule has 3 aromatic carbocycles. The minimum atomic E-state index is -0.184. The van der Waals surface area contributed by atoms with Crippen LogP contribution < -0.4 is 10.1 Å². The number of fused-ring (bicyclic) bond motifs is 1. The average molecular weight is 434 g/mol. The summed E-state index contributed by atoms with van der Waals surface area (Å²) in [6.07, 6.45) is 0. The van der Waals surface area contributed by atoms with Crippen molar-refractivity contribution in [1.82, 2.24) is 10.2 Å². The Bertz CT molecular complexity index is 1160. The highest BCUT2D eigenvalue weighted by molar-refractivity contribution is 9.10. The Labute approximate surface area is 170 Å². The van der Waals surface area contributed by atoms with E-state index >= 15 is 0 Å². The van der Waals surface area contributed by atoms with E-state index in [4.69, 9.17) is 4.74 Å². The molecule has 0 fully saturated rings. The Morgan fingerprint density at radius 3 is 2.32 bits per heavy atom. The van der Waals surface area contributed by atoms with Crippen LogP contribution in [0.3, 0.4) is 0 Å². The van der Waals surface area contributed by atoms with Gasteiger partial charge in [0.1, 0.15) is 5.75 Å². The van der Waals surface area contributed by atoms with E-state index in [0.29, 0.717) is 22.9 Å². The van der Waals surface area contributed by atoms with E-state index < -0.39 is 0 Å². The Hall–Kier alpha value is -3.25. The van der Waals surface area contributed by atoms with Crippen molar-refractivity contribution >= 4 is 38.3 Å². The van der Waals surface area contributed by atoms with Crippen LogP contribution in [0.2, 0.25) is 0 Å². The zero-order valence-corrected chi connectivity index (χ0v) is 16.6. The van der Waals surface area contributed by atoms with E-state index in [1.165, 1.54) is 0 Å². The highest BCUT2D eigenvalue weighted by Gasteiger charge is 2.11. The molecule has 0 radical (unpaired) electrons. The zero-order valence-electron chi connectivity index (χ0n) is 15.0. The molecule has 0 aliphatic carbocycles. The van der Waals surface area contributed by atoms with Gasteiger partial charge in [-0.05, 0) is 65.3 Å². The molecule has 1 amide bonds. The number of carbonyl (C=O) groups is 1. The summed E-state index contributed by atoms with van der Waals surface area (Å²) in [6.45, 7) is 1.92. The summed E-state index contributed by atoms with van der Waals surface area (Å²) >= 11 is 3.39. The zero-order chi connectivity index (χ0) is 19.5. The van der Waals surface area contributed by atoms with E-state index in [1.54, 1.807) is 30.3 Å². The number of nitrogens with one attached hydrogen (secondary N) is 1. The summed E-state index contributed by atoms with van der Waals surface area (Å²) in [5.74, 6) is 0.880. The highest BCUT2D eigenvalue weighted by atomic mass is 79.9. The number of amides is 1. The number of halogens is 1. The maximum Gasteiger partial charge on any atom is 0.256 e. The molecule has 138 valence electrons. The van der Waals surface area contributed by atoms with E-state index in [1.807, 2.05) is 49.4 Å². The van der Waals surface area contributed by atoms with Crippen LogP contribution in [0.15, 0.2) is 77.3 Å². The molecular weight excluding hydrogens is 418 g/mol. The fraction of sp³-hybridized carbons (Fsp3) is 0.0455. The van der Waals surface area contributed by atoms with Gasteiger partial charge in [-0.1, -0.05) is 30.3 Å². The minimum absolute atomic E-state index is 0.184. The molecule has 6 heteroatoms. The lowest BCUT2D eigenvalue weighted by molar-refractivity contribution is 0.102. The summed E-state index contributed by atoms with van der Waals surface area (Å²) in [6, 6.07) is 22.3. The molecule has 5 nitrogen and oxygen atoms in total. The lowest BCUT2D eigenvalue weighted by Gasteiger charge is -2.10. The van der Waals surface area contributed by atoms with Gasteiger partial charge in [-0.2, -0.15) is 5.10 Å². The van der Waals surface area contributed by atoms with Crippen molar-refractivity contribution in [2.75, 3.05) is 5.32 Å².